The first kappa shape index (κ1) is 14.6. The molecule has 3 fully saturated rings. The van der Waals surface area contributed by atoms with Crippen LogP contribution in [0, 0.1) is 4.91 Å². The fraction of sp³-hybridized carbons (Fsp3) is 1.00. The van der Waals surface area contributed by atoms with Crippen molar-refractivity contribution >= 4 is 11.6 Å². The Balaban J connectivity index is 1.84. The van der Waals surface area contributed by atoms with Crippen LogP contribution in [0.25, 0.3) is 0 Å². The number of rotatable bonds is 2. The van der Waals surface area contributed by atoms with Gasteiger partial charge in [0.2, 0.25) is 0 Å². The molecule has 3 aliphatic heterocycles. The highest BCUT2D eigenvalue weighted by molar-refractivity contribution is 6.23. The van der Waals surface area contributed by atoms with Gasteiger partial charge in [-0.3, -0.25) is 0 Å². The second kappa shape index (κ2) is 4.34. The summed E-state index contributed by atoms with van der Waals surface area (Å²) in [4.78, 5) is 11.1. The van der Waals surface area contributed by atoms with E-state index in [0.29, 0.717) is 6.61 Å². The van der Waals surface area contributed by atoms with Crippen LogP contribution in [0.15, 0.2) is 5.18 Å². The van der Waals surface area contributed by atoms with E-state index in [1.54, 1.807) is 27.7 Å². The van der Waals surface area contributed by atoms with E-state index >= 15 is 0 Å². The van der Waals surface area contributed by atoms with Crippen LogP contribution >= 0.6 is 11.6 Å². The van der Waals surface area contributed by atoms with Crippen LogP contribution in [0.5, 0.6) is 0 Å². The zero-order chi connectivity index (χ0) is 14.8. The first-order valence-electron chi connectivity index (χ1n) is 6.54. The molecule has 0 spiro atoms. The number of nitrogens with zero attached hydrogens (tertiary/aromatic N) is 1. The van der Waals surface area contributed by atoms with Crippen LogP contribution < -0.4 is 0 Å². The highest BCUT2D eigenvalue weighted by atomic mass is 35.5. The lowest BCUT2D eigenvalue weighted by Gasteiger charge is -2.27. The third-order valence-corrected chi connectivity index (χ3v) is 4.00. The second-order valence-corrected chi connectivity index (χ2v) is 6.71. The lowest BCUT2D eigenvalue weighted by molar-refractivity contribution is -0.211. The average molecular weight is 308 g/mol. The van der Waals surface area contributed by atoms with Gasteiger partial charge in [0.15, 0.2) is 17.7 Å². The normalized spacial score (nSPS) is 49.2. The van der Waals surface area contributed by atoms with Crippen LogP contribution in [-0.2, 0) is 23.7 Å². The third kappa shape index (κ3) is 2.26. The van der Waals surface area contributed by atoms with Crippen LogP contribution in [-0.4, -0.2) is 47.8 Å². The predicted molar refractivity (Wildman–Crippen MR) is 68.0 cm³/mol. The van der Waals surface area contributed by atoms with Crippen LogP contribution in [0.4, 0.5) is 0 Å². The number of alkyl halides is 1. The number of hydrogen-bond acceptors (Lipinski definition) is 7. The molecule has 7 nitrogen and oxygen atoms in total. The second-order valence-electron chi connectivity index (χ2n) is 6.17. The van der Waals surface area contributed by atoms with Gasteiger partial charge < -0.3 is 23.7 Å². The maximum atomic E-state index is 11.1. The van der Waals surface area contributed by atoms with E-state index in [1.807, 2.05) is 0 Å². The highest BCUT2D eigenvalue weighted by Crippen LogP contribution is 2.48. The molecule has 3 saturated heterocycles. The summed E-state index contributed by atoms with van der Waals surface area (Å²) >= 11 is 6.12. The molecular formula is C12H18ClNO6. The van der Waals surface area contributed by atoms with Crippen molar-refractivity contribution in [1.82, 2.24) is 0 Å². The van der Waals surface area contributed by atoms with Crippen molar-refractivity contribution in [3.8, 4) is 0 Å². The molecule has 3 heterocycles. The maximum absolute atomic E-state index is 11.1. The smallest absolute Gasteiger partial charge is 0.306 e. The molecule has 0 amide bonds. The topological polar surface area (TPSA) is 75.6 Å². The molecule has 3 aliphatic rings. The molecule has 0 aromatic rings. The molecule has 0 radical (unpaired) electrons. The number of nitroso groups, excluding NO2 is 1. The van der Waals surface area contributed by atoms with Crippen LogP contribution in [0.3, 0.4) is 0 Å². The monoisotopic (exact) mass is 307 g/mol. The van der Waals surface area contributed by atoms with Crippen molar-refractivity contribution < 1.29 is 23.7 Å². The molecule has 114 valence electrons. The van der Waals surface area contributed by atoms with E-state index in [2.05, 4.69) is 5.18 Å². The van der Waals surface area contributed by atoms with Gasteiger partial charge in [-0.1, -0.05) is 11.6 Å². The molecule has 8 heteroatoms. The molecule has 3 rings (SSSR count). The Kier molecular flexibility index (Phi) is 3.18. The zero-order valence-electron chi connectivity index (χ0n) is 11.8. The van der Waals surface area contributed by atoms with Crippen molar-refractivity contribution in [3.05, 3.63) is 4.91 Å². The minimum absolute atomic E-state index is 0.330. The quantitative estimate of drug-likeness (QED) is 0.439. The van der Waals surface area contributed by atoms with Gasteiger partial charge in [0.25, 0.3) is 0 Å². The van der Waals surface area contributed by atoms with Gasteiger partial charge >= 0.3 is 5.18 Å². The third-order valence-electron chi connectivity index (χ3n) is 3.63. The molecule has 0 N–H and O–H groups in total. The summed E-state index contributed by atoms with van der Waals surface area (Å²) < 4.78 is 28.3. The number of halogens is 1. The van der Waals surface area contributed by atoms with Gasteiger partial charge in [-0.15, -0.1) is 4.91 Å². The molecule has 20 heavy (non-hydrogen) atoms. The summed E-state index contributed by atoms with van der Waals surface area (Å²) in [5.74, 6) is -1.55. The lowest BCUT2D eigenvalue weighted by Crippen LogP contribution is -2.40. The van der Waals surface area contributed by atoms with E-state index < -0.39 is 41.2 Å². The van der Waals surface area contributed by atoms with Gasteiger partial charge in [0.05, 0.1) is 6.61 Å². The molecule has 0 aliphatic carbocycles. The van der Waals surface area contributed by atoms with Crippen molar-refractivity contribution in [3.63, 3.8) is 0 Å². The zero-order valence-corrected chi connectivity index (χ0v) is 12.5. The number of ether oxygens (including phenoxy) is 5. The molecule has 5 atom stereocenters. The standard InChI is InChI=1S/C12H18ClNO6/c1-10(2)16-5-6(17-10)7-8-9(12(13,14-15)19-7)20-11(3,4)18-8/h6-9H,5H2,1-4H3/t6?,7-,8+,9+,12?/m1/s1. The SMILES string of the molecule is CC1(C)OCC([C@H]2OC(Cl)(N=O)[C@H]3OC(C)(C)O[C@@H]23)O1. The summed E-state index contributed by atoms with van der Waals surface area (Å²) in [6, 6.07) is 0. The minimum Gasteiger partial charge on any atom is -0.348 e. The van der Waals surface area contributed by atoms with Crippen molar-refractivity contribution in [2.75, 3.05) is 6.61 Å². The van der Waals surface area contributed by atoms with Crippen molar-refractivity contribution in [1.29, 1.82) is 0 Å². The van der Waals surface area contributed by atoms with Gasteiger partial charge in [0.1, 0.15) is 18.3 Å². The van der Waals surface area contributed by atoms with E-state index in [9.17, 15) is 4.91 Å². The number of hydrogen-bond donors (Lipinski definition) is 0. The maximum Gasteiger partial charge on any atom is 0.306 e. The molecule has 2 unspecified atom stereocenters. The van der Waals surface area contributed by atoms with E-state index in [-0.39, 0.29) is 0 Å². The summed E-state index contributed by atoms with van der Waals surface area (Å²) in [7, 11) is 0. The number of fused-ring (bicyclic) bond motifs is 1. The molecule has 0 aromatic heterocycles. The summed E-state index contributed by atoms with van der Waals surface area (Å²) in [5.41, 5.74) is 0. The van der Waals surface area contributed by atoms with Crippen LogP contribution in [0.1, 0.15) is 27.7 Å². The largest absolute Gasteiger partial charge is 0.348 e. The Bertz CT molecular complexity index is 430. The predicted octanol–water partition coefficient (Wildman–Crippen LogP) is 1.72. The Morgan fingerprint density at radius 3 is 2.25 bits per heavy atom. The van der Waals surface area contributed by atoms with Gasteiger partial charge in [-0.25, -0.2) is 0 Å². The van der Waals surface area contributed by atoms with Crippen molar-refractivity contribution in [2.24, 2.45) is 5.18 Å². The molecule has 0 aromatic carbocycles. The van der Waals surface area contributed by atoms with E-state index in [0.717, 1.165) is 0 Å². The van der Waals surface area contributed by atoms with Gasteiger partial charge in [0, 0.05) is 0 Å². The molecule has 0 bridgehead atoms. The van der Waals surface area contributed by atoms with E-state index in [1.165, 1.54) is 0 Å². The Morgan fingerprint density at radius 2 is 1.70 bits per heavy atom. The fourth-order valence-electron chi connectivity index (χ4n) is 2.87. The summed E-state index contributed by atoms with van der Waals surface area (Å²) in [6.45, 7) is 7.44. The van der Waals surface area contributed by atoms with Crippen LogP contribution in [0.2, 0.25) is 0 Å². The Hall–Kier alpha value is -0.310. The van der Waals surface area contributed by atoms with E-state index in [4.69, 9.17) is 35.3 Å². The summed E-state index contributed by atoms with van der Waals surface area (Å²) in [6.07, 6.45) is -2.26. The molecule has 0 saturated carbocycles. The summed E-state index contributed by atoms with van der Waals surface area (Å²) in [5, 5.41) is 1.09. The van der Waals surface area contributed by atoms with Crippen molar-refractivity contribution in [2.45, 2.75) is 68.9 Å². The Labute approximate surface area is 121 Å². The van der Waals surface area contributed by atoms with Gasteiger partial charge in [-0.2, -0.15) is 0 Å². The first-order chi connectivity index (χ1) is 9.16. The average Bonchev–Trinajstić information content (AvgIpc) is 2.92. The Morgan fingerprint density at radius 1 is 1.00 bits per heavy atom. The first-order valence-corrected chi connectivity index (χ1v) is 6.92. The fourth-order valence-corrected chi connectivity index (χ4v) is 3.14. The minimum atomic E-state index is -1.79. The lowest BCUT2D eigenvalue weighted by atomic mass is 10.1. The molecular weight excluding hydrogens is 290 g/mol. The highest BCUT2D eigenvalue weighted by Gasteiger charge is 2.66. The van der Waals surface area contributed by atoms with Gasteiger partial charge in [-0.05, 0) is 32.9 Å².